The predicted molar refractivity (Wildman–Crippen MR) is 199 cm³/mol. The molecule has 0 spiro atoms. The molecule has 0 bridgehead atoms. The maximum absolute atomic E-state index is 6.33. The molecule has 0 saturated carbocycles. The molecule has 0 amide bonds. The van der Waals surface area contributed by atoms with Crippen molar-refractivity contribution in [2.24, 2.45) is 0 Å². The molecule has 5 nitrogen and oxygen atoms in total. The minimum Gasteiger partial charge on any atom is -0.438 e. The predicted octanol–water partition coefficient (Wildman–Crippen LogP) is 11.3. The Morgan fingerprint density at radius 1 is 0.388 bits per heavy atom. The van der Waals surface area contributed by atoms with Gasteiger partial charge in [-0.3, -0.25) is 0 Å². The fourth-order valence-electron chi connectivity index (χ4n) is 7.01. The van der Waals surface area contributed by atoms with Gasteiger partial charge in [0.2, 0.25) is 5.71 Å². The molecule has 10 rings (SSSR count). The zero-order chi connectivity index (χ0) is 32.3. The first-order valence-corrected chi connectivity index (χ1v) is 16.3. The molecule has 3 heterocycles. The van der Waals surface area contributed by atoms with Crippen LogP contribution < -0.4 is 0 Å². The van der Waals surface area contributed by atoms with Crippen molar-refractivity contribution in [3.63, 3.8) is 0 Å². The second-order valence-corrected chi connectivity index (χ2v) is 12.3. The van der Waals surface area contributed by atoms with E-state index in [1.165, 1.54) is 10.8 Å². The van der Waals surface area contributed by atoms with E-state index in [9.17, 15) is 0 Å². The number of rotatable bonds is 4. The fourth-order valence-corrected chi connectivity index (χ4v) is 7.01. The van der Waals surface area contributed by atoms with Crippen LogP contribution in [0.2, 0.25) is 0 Å². The van der Waals surface area contributed by atoms with Crippen molar-refractivity contribution in [1.29, 1.82) is 0 Å². The molecule has 0 aliphatic rings. The number of hydrogen-bond acceptors (Lipinski definition) is 5. The van der Waals surface area contributed by atoms with Gasteiger partial charge >= 0.3 is 0 Å². The fraction of sp³-hybridized carbons (Fsp3) is 0. The Hall–Kier alpha value is -6.72. The lowest BCUT2D eigenvalue weighted by Crippen LogP contribution is -2.01. The Balaban J connectivity index is 1.19. The Kier molecular flexibility index (Phi) is 6.11. The number of nitrogens with zero attached hydrogens (tertiary/aromatic N) is 4. The molecule has 3 aromatic heterocycles. The Morgan fingerprint density at radius 2 is 1.00 bits per heavy atom. The van der Waals surface area contributed by atoms with Crippen molar-refractivity contribution in [2.45, 2.75) is 0 Å². The molecule has 7 aromatic carbocycles. The number of benzene rings is 7. The van der Waals surface area contributed by atoms with Gasteiger partial charge in [-0.15, -0.1) is 0 Å². The van der Waals surface area contributed by atoms with Crippen molar-refractivity contribution in [1.82, 2.24) is 19.9 Å². The maximum Gasteiger partial charge on any atom is 0.227 e. The summed E-state index contributed by atoms with van der Waals surface area (Å²) in [7, 11) is 0. The lowest BCUT2D eigenvalue weighted by atomic mass is 9.93. The van der Waals surface area contributed by atoms with E-state index in [2.05, 4.69) is 120 Å². The summed E-state index contributed by atoms with van der Waals surface area (Å²) >= 11 is 0. The van der Waals surface area contributed by atoms with Gasteiger partial charge in [0, 0.05) is 28.3 Å². The van der Waals surface area contributed by atoms with E-state index in [4.69, 9.17) is 19.4 Å². The van der Waals surface area contributed by atoms with Crippen molar-refractivity contribution >= 4 is 54.4 Å². The summed E-state index contributed by atoms with van der Waals surface area (Å²) < 4.78 is 6.33. The van der Waals surface area contributed by atoms with Gasteiger partial charge in [-0.2, -0.15) is 0 Å². The van der Waals surface area contributed by atoms with Gasteiger partial charge in [0.25, 0.3) is 0 Å². The number of furan rings is 1. The molecule has 49 heavy (non-hydrogen) atoms. The van der Waals surface area contributed by atoms with Crippen molar-refractivity contribution < 1.29 is 4.42 Å². The first-order valence-electron chi connectivity index (χ1n) is 16.3. The van der Waals surface area contributed by atoms with E-state index in [1.54, 1.807) is 0 Å². The first kappa shape index (κ1) is 27.4. The Bertz CT molecular complexity index is 2890. The summed E-state index contributed by atoms with van der Waals surface area (Å²) in [5.74, 6) is 1.89. The standard InChI is InChI=1S/C44H26N4O/c1-2-11-28(12-3-1)41-46-42(32-19-18-27-10-4-5-13-29(27)24-32)48-43(47-41)37-21-20-35(33-16-8-9-17-34(33)37)36-22-23-45-44-40(36)38-25-30-14-6-7-15-31(30)26-39(38)49-44/h1-26H. The molecule has 228 valence electrons. The quantitative estimate of drug-likeness (QED) is 0.194. The van der Waals surface area contributed by atoms with Crippen LogP contribution in [0.25, 0.3) is 99.7 Å². The van der Waals surface area contributed by atoms with Crippen LogP contribution in [0.1, 0.15) is 0 Å². The molecule has 0 aliphatic carbocycles. The lowest BCUT2D eigenvalue weighted by molar-refractivity contribution is 0.654. The molecule has 0 aliphatic heterocycles. The lowest BCUT2D eigenvalue weighted by Gasteiger charge is -2.13. The van der Waals surface area contributed by atoms with Crippen LogP contribution in [-0.2, 0) is 0 Å². The topological polar surface area (TPSA) is 64.7 Å². The Morgan fingerprint density at radius 3 is 1.80 bits per heavy atom. The molecule has 0 fully saturated rings. The zero-order valence-electron chi connectivity index (χ0n) is 26.2. The van der Waals surface area contributed by atoms with Gasteiger partial charge in [-0.1, -0.05) is 121 Å². The summed E-state index contributed by atoms with van der Waals surface area (Å²) in [5.41, 5.74) is 6.44. The molecule has 0 saturated heterocycles. The van der Waals surface area contributed by atoms with Crippen LogP contribution >= 0.6 is 0 Å². The highest BCUT2D eigenvalue weighted by atomic mass is 16.3. The second kappa shape index (κ2) is 10.9. The average molecular weight is 627 g/mol. The second-order valence-electron chi connectivity index (χ2n) is 12.3. The van der Waals surface area contributed by atoms with E-state index in [0.717, 1.165) is 65.7 Å². The zero-order valence-corrected chi connectivity index (χ0v) is 26.2. The van der Waals surface area contributed by atoms with Gasteiger partial charge in [0.05, 0.1) is 5.39 Å². The van der Waals surface area contributed by atoms with Gasteiger partial charge in [-0.25, -0.2) is 19.9 Å². The number of aromatic nitrogens is 4. The van der Waals surface area contributed by atoms with Crippen molar-refractivity contribution in [3.05, 3.63) is 158 Å². The monoisotopic (exact) mass is 626 g/mol. The number of pyridine rings is 1. The third kappa shape index (κ3) is 4.55. The molecular weight excluding hydrogens is 601 g/mol. The molecule has 0 N–H and O–H groups in total. The van der Waals surface area contributed by atoms with Gasteiger partial charge in [0.15, 0.2) is 17.5 Å². The van der Waals surface area contributed by atoms with Gasteiger partial charge < -0.3 is 4.42 Å². The summed E-state index contributed by atoms with van der Waals surface area (Å²) in [4.78, 5) is 19.8. The summed E-state index contributed by atoms with van der Waals surface area (Å²) in [6.45, 7) is 0. The third-order valence-corrected chi connectivity index (χ3v) is 9.37. The summed E-state index contributed by atoms with van der Waals surface area (Å²) in [6, 6.07) is 52.4. The number of hydrogen-bond donors (Lipinski definition) is 0. The van der Waals surface area contributed by atoms with Crippen LogP contribution in [0, 0.1) is 0 Å². The van der Waals surface area contributed by atoms with Crippen molar-refractivity contribution in [2.75, 3.05) is 0 Å². The molecule has 10 aromatic rings. The number of fused-ring (bicyclic) bond motifs is 6. The van der Waals surface area contributed by atoms with Crippen LogP contribution in [-0.4, -0.2) is 19.9 Å². The van der Waals surface area contributed by atoms with Gasteiger partial charge in [-0.05, 0) is 73.8 Å². The minimum absolute atomic E-state index is 0.625. The van der Waals surface area contributed by atoms with E-state index < -0.39 is 0 Å². The summed E-state index contributed by atoms with van der Waals surface area (Å²) in [5, 5.41) is 8.83. The van der Waals surface area contributed by atoms with E-state index in [0.29, 0.717) is 23.2 Å². The van der Waals surface area contributed by atoms with Crippen LogP contribution in [0.4, 0.5) is 0 Å². The van der Waals surface area contributed by atoms with Crippen LogP contribution in [0.3, 0.4) is 0 Å². The SMILES string of the molecule is c1ccc(-c2nc(-c3ccc4ccccc4c3)nc(-c3ccc(-c4ccnc5oc6cc7ccccc7cc6c45)c4ccccc34)n2)cc1. The maximum atomic E-state index is 6.33. The summed E-state index contributed by atoms with van der Waals surface area (Å²) in [6.07, 6.45) is 1.83. The molecule has 0 unspecified atom stereocenters. The van der Waals surface area contributed by atoms with Crippen LogP contribution in [0.15, 0.2) is 162 Å². The smallest absolute Gasteiger partial charge is 0.227 e. The molecule has 0 atom stereocenters. The molecule has 0 radical (unpaired) electrons. The first-order chi connectivity index (χ1) is 24.3. The normalized spacial score (nSPS) is 11.7. The Labute approximate surface area is 281 Å². The van der Waals surface area contributed by atoms with Gasteiger partial charge in [0.1, 0.15) is 5.58 Å². The molecule has 5 heteroatoms. The van der Waals surface area contributed by atoms with E-state index in [1.807, 2.05) is 42.6 Å². The highest BCUT2D eigenvalue weighted by Gasteiger charge is 2.19. The highest BCUT2D eigenvalue weighted by Crippen LogP contribution is 2.41. The molecular formula is C44H26N4O. The van der Waals surface area contributed by atoms with E-state index >= 15 is 0 Å². The van der Waals surface area contributed by atoms with Crippen molar-refractivity contribution in [3.8, 4) is 45.3 Å². The van der Waals surface area contributed by atoms with Crippen LogP contribution in [0.5, 0.6) is 0 Å². The third-order valence-electron chi connectivity index (χ3n) is 9.37. The average Bonchev–Trinajstić information content (AvgIpc) is 3.54. The largest absolute Gasteiger partial charge is 0.438 e. The highest BCUT2D eigenvalue weighted by molar-refractivity contribution is 6.17. The van der Waals surface area contributed by atoms with E-state index in [-0.39, 0.29) is 0 Å². The minimum atomic E-state index is 0.625.